The highest BCUT2D eigenvalue weighted by atomic mass is 16.5. The van der Waals surface area contributed by atoms with E-state index in [9.17, 15) is 5.11 Å². The topological polar surface area (TPSA) is 35.9 Å². The van der Waals surface area contributed by atoms with E-state index in [0.717, 1.165) is 52.2 Å². The van der Waals surface area contributed by atoms with Crippen LogP contribution < -0.4 is 0 Å². The molecule has 1 aliphatic heterocycles. The van der Waals surface area contributed by atoms with Crippen molar-refractivity contribution in [3.05, 3.63) is 0 Å². The lowest BCUT2D eigenvalue weighted by molar-refractivity contribution is -0.0348. The van der Waals surface area contributed by atoms with Crippen molar-refractivity contribution in [3.8, 4) is 0 Å². The highest BCUT2D eigenvalue weighted by Crippen LogP contribution is 2.30. The van der Waals surface area contributed by atoms with E-state index in [-0.39, 0.29) is 5.41 Å². The normalized spacial score (nSPS) is 19.7. The largest absolute Gasteiger partial charge is 0.396 e. The SMILES string of the molecule is CCCN(CCN(C)C)CC1(CO)CCOCC1. The fourth-order valence-electron chi connectivity index (χ4n) is 2.57. The Kier molecular flexibility index (Phi) is 7.15. The molecule has 0 aromatic heterocycles. The van der Waals surface area contributed by atoms with Gasteiger partial charge in [-0.2, -0.15) is 0 Å². The first kappa shape index (κ1) is 15.9. The summed E-state index contributed by atoms with van der Waals surface area (Å²) in [5.74, 6) is 0. The number of nitrogens with zero attached hydrogens (tertiary/aromatic N) is 2. The zero-order valence-corrected chi connectivity index (χ0v) is 12.3. The van der Waals surface area contributed by atoms with Crippen LogP contribution in [0.25, 0.3) is 0 Å². The Bertz CT molecular complexity index is 216. The summed E-state index contributed by atoms with van der Waals surface area (Å²) in [7, 11) is 4.22. The monoisotopic (exact) mass is 258 g/mol. The summed E-state index contributed by atoms with van der Waals surface area (Å²) in [6, 6.07) is 0. The molecule has 1 N–H and O–H groups in total. The summed E-state index contributed by atoms with van der Waals surface area (Å²) in [6.07, 6.45) is 3.16. The van der Waals surface area contributed by atoms with Gasteiger partial charge in [-0.25, -0.2) is 0 Å². The van der Waals surface area contributed by atoms with Crippen molar-refractivity contribution < 1.29 is 9.84 Å². The Morgan fingerprint density at radius 1 is 1.11 bits per heavy atom. The Labute approximate surface area is 112 Å². The second-order valence-electron chi connectivity index (χ2n) is 5.85. The van der Waals surface area contributed by atoms with Gasteiger partial charge in [0, 0.05) is 38.3 Å². The molecule has 0 atom stereocenters. The van der Waals surface area contributed by atoms with Gasteiger partial charge in [0.1, 0.15) is 0 Å². The summed E-state index contributed by atoms with van der Waals surface area (Å²) in [6.45, 7) is 8.41. The number of aliphatic hydroxyl groups is 1. The van der Waals surface area contributed by atoms with Crippen LogP contribution in [0.2, 0.25) is 0 Å². The first-order valence-corrected chi connectivity index (χ1v) is 7.17. The number of aliphatic hydroxyl groups excluding tert-OH is 1. The van der Waals surface area contributed by atoms with Crippen molar-refractivity contribution in [2.45, 2.75) is 26.2 Å². The molecule has 1 rings (SSSR count). The smallest absolute Gasteiger partial charge is 0.0501 e. The minimum atomic E-state index is 0.0692. The van der Waals surface area contributed by atoms with Gasteiger partial charge in [0.05, 0.1) is 6.61 Å². The van der Waals surface area contributed by atoms with Crippen LogP contribution in [0, 0.1) is 5.41 Å². The molecule has 108 valence electrons. The van der Waals surface area contributed by atoms with E-state index >= 15 is 0 Å². The molecule has 0 saturated carbocycles. The molecule has 0 bridgehead atoms. The van der Waals surface area contributed by atoms with Gasteiger partial charge in [-0.05, 0) is 39.9 Å². The minimum Gasteiger partial charge on any atom is -0.396 e. The van der Waals surface area contributed by atoms with Crippen LogP contribution in [0.5, 0.6) is 0 Å². The van der Waals surface area contributed by atoms with E-state index < -0.39 is 0 Å². The Morgan fingerprint density at radius 3 is 2.28 bits per heavy atom. The van der Waals surface area contributed by atoms with Gasteiger partial charge in [-0.1, -0.05) is 6.92 Å². The summed E-state index contributed by atoms with van der Waals surface area (Å²) in [5.41, 5.74) is 0.0692. The third-order valence-electron chi connectivity index (χ3n) is 3.85. The second-order valence-corrected chi connectivity index (χ2v) is 5.85. The van der Waals surface area contributed by atoms with Crippen LogP contribution >= 0.6 is 0 Å². The third kappa shape index (κ3) is 5.22. The number of hydrogen-bond acceptors (Lipinski definition) is 4. The Morgan fingerprint density at radius 2 is 1.78 bits per heavy atom. The molecule has 4 nitrogen and oxygen atoms in total. The van der Waals surface area contributed by atoms with E-state index in [1.807, 2.05) is 0 Å². The van der Waals surface area contributed by atoms with E-state index in [1.165, 1.54) is 6.42 Å². The standard InChI is InChI=1S/C14H30N2O2/c1-4-7-16(9-8-15(2)3)12-14(13-17)5-10-18-11-6-14/h17H,4-13H2,1-3H3. The van der Waals surface area contributed by atoms with E-state index in [4.69, 9.17) is 4.74 Å². The van der Waals surface area contributed by atoms with Crippen LogP contribution in [0.1, 0.15) is 26.2 Å². The Balaban J connectivity index is 2.50. The summed E-state index contributed by atoms with van der Waals surface area (Å²) in [5, 5.41) is 9.74. The third-order valence-corrected chi connectivity index (χ3v) is 3.85. The molecule has 1 saturated heterocycles. The highest BCUT2D eigenvalue weighted by molar-refractivity contribution is 4.84. The van der Waals surface area contributed by atoms with Gasteiger partial charge in [0.25, 0.3) is 0 Å². The van der Waals surface area contributed by atoms with Crippen LogP contribution in [-0.2, 0) is 4.74 Å². The lowest BCUT2D eigenvalue weighted by Crippen LogP contribution is -2.45. The quantitative estimate of drug-likeness (QED) is 0.706. The van der Waals surface area contributed by atoms with Gasteiger partial charge in [-0.3, -0.25) is 0 Å². The lowest BCUT2D eigenvalue weighted by Gasteiger charge is -2.40. The first-order chi connectivity index (χ1) is 8.62. The van der Waals surface area contributed by atoms with Gasteiger partial charge in [-0.15, -0.1) is 0 Å². The fraction of sp³-hybridized carbons (Fsp3) is 1.00. The molecule has 0 aromatic carbocycles. The maximum atomic E-state index is 9.74. The maximum Gasteiger partial charge on any atom is 0.0501 e. The van der Waals surface area contributed by atoms with Crippen molar-refractivity contribution in [2.24, 2.45) is 5.41 Å². The predicted molar refractivity (Wildman–Crippen MR) is 74.9 cm³/mol. The van der Waals surface area contributed by atoms with Gasteiger partial charge >= 0.3 is 0 Å². The van der Waals surface area contributed by atoms with E-state index in [2.05, 4.69) is 30.8 Å². The fourth-order valence-corrected chi connectivity index (χ4v) is 2.57. The van der Waals surface area contributed by atoms with Crippen molar-refractivity contribution in [2.75, 3.05) is 60.1 Å². The predicted octanol–water partition coefficient (Wildman–Crippen LogP) is 1.05. The van der Waals surface area contributed by atoms with Gasteiger partial charge < -0.3 is 19.6 Å². The van der Waals surface area contributed by atoms with E-state index in [1.54, 1.807) is 0 Å². The highest BCUT2D eigenvalue weighted by Gasteiger charge is 2.33. The van der Waals surface area contributed by atoms with Crippen LogP contribution in [-0.4, -0.2) is 75.0 Å². The Hall–Kier alpha value is -0.160. The minimum absolute atomic E-state index is 0.0692. The van der Waals surface area contributed by atoms with Crippen molar-refractivity contribution >= 4 is 0 Å². The van der Waals surface area contributed by atoms with Crippen molar-refractivity contribution in [1.82, 2.24) is 9.80 Å². The van der Waals surface area contributed by atoms with Gasteiger partial charge in [0.2, 0.25) is 0 Å². The molecule has 0 spiro atoms. The molecule has 18 heavy (non-hydrogen) atoms. The molecule has 0 unspecified atom stereocenters. The molecule has 0 aromatic rings. The van der Waals surface area contributed by atoms with Crippen LogP contribution in [0.3, 0.4) is 0 Å². The number of ether oxygens (including phenoxy) is 1. The molecular formula is C14H30N2O2. The summed E-state index contributed by atoms with van der Waals surface area (Å²) in [4.78, 5) is 4.72. The van der Waals surface area contributed by atoms with Crippen molar-refractivity contribution in [3.63, 3.8) is 0 Å². The summed E-state index contributed by atoms with van der Waals surface area (Å²) < 4.78 is 5.43. The number of rotatable bonds is 8. The number of hydrogen-bond donors (Lipinski definition) is 1. The average Bonchev–Trinajstić information content (AvgIpc) is 2.37. The van der Waals surface area contributed by atoms with Crippen molar-refractivity contribution in [1.29, 1.82) is 0 Å². The van der Waals surface area contributed by atoms with E-state index in [0.29, 0.717) is 6.61 Å². The number of likely N-dealkylation sites (N-methyl/N-ethyl adjacent to an activating group) is 1. The molecule has 0 amide bonds. The maximum absolute atomic E-state index is 9.74. The second kappa shape index (κ2) is 8.10. The molecular weight excluding hydrogens is 228 g/mol. The van der Waals surface area contributed by atoms with Crippen LogP contribution in [0.15, 0.2) is 0 Å². The molecule has 1 fully saturated rings. The summed E-state index contributed by atoms with van der Waals surface area (Å²) >= 11 is 0. The zero-order valence-electron chi connectivity index (χ0n) is 12.3. The van der Waals surface area contributed by atoms with Gasteiger partial charge in [0.15, 0.2) is 0 Å². The zero-order chi connectivity index (χ0) is 13.4. The average molecular weight is 258 g/mol. The first-order valence-electron chi connectivity index (χ1n) is 7.17. The molecule has 1 aliphatic rings. The molecule has 4 heteroatoms. The lowest BCUT2D eigenvalue weighted by atomic mass is 9.80. The molecule has 0 radical (unpaired) electrons. The van der Waals surface area contributed by atoms with Crippen LogP contribution in [0.4, 0.5) is 0 Å². The molecule has 1 heterocycles. The molecule has 0 aliphatic carbocycles.